The average molecular weight is 525 g/mol. The summed E-state index contributed by atoms with van der Waals surface area (Å²) in [7, 11) is 0. The first-order chi connectivity index (χ1) is 18.3. The van der Waals surface area contributed by atoms with Gasteiger partial charge in [0.25, 0.3) is 5.91 Å². The smallest absolute Gasteiger partial charge is 0.339 e. The van der Waals surface area contributed by atoms with Gasteiger partial charge in [0.1, 0.15) is 0 Å². The second-order valence-corrected chi connectivity index (χ2v) is 9.69. The molecule has 0 fully saturated rings. The average Bonchev–Trinajstić information content (AvgIpc) is 3.57. The molecule has 0 aliphatic carbocycles. The Balaban J connectivity index is 1.49. The Bertz CT molecular complexity index is 1660. The third-order valence-electron chi connectivity index (χ3n) is 6.00. The summed E-state index contributed by atoms with van der Waals surface area (Å²) in [5, 5.41) is 9.86. The van der Waals surface area contributed by atoms with E-state index in [1.165, 1.54) is 25.2 Å². The highest BCUT2D eigenvalue weighted by Gasteiger charge is 2.25. The lowest BCUT2D eigenvalue weighted by Crippen LogP contribution is -2.30. The number of ketones is 1. The number of fused-ring (bicyclic) bond motifs is 1. The van der Waals surface area contributed by atoms with Crippen LogP contribution < -0.4 is 5.32 Å². The summed E-state index contributed by atoms with van der Waals surface area (Å²) in [6.07, 6.45) is -1.10. The summed E-state index contributed by atoms with van der Waals surface area (Å²) >= 11 is 1.50. The first-order valence-electron chi connectivity index (χ1n) is 11.9. The number of carbonyl (C=O) groups excluding carboxylic acids is 3. The zero-order valence-electron chi connectivity index (χ0n) is 21.0. The van der Waals surface area contributed by atoms with E-state index in [0.29, 0.717) is 33.7 Å². The lowest BCUT2D eigenvalue weighted by Gasteiger charge is -2.15. The third kappa shape index (κ3) is 4.96. The maximum absolute atomic E-state index is 13.5. The molecule has 0 bridgehead atoms. The van der Waals surface area contributed by atoms with E-state index in [-0.39, 0.29) is 11.3 Å². The molecule has 5 aromatic rings. The fourth-order valence-electron chi connectivity index (χ4n) is 4.09. The van der Waals surface area contributed by atoms with Crippen LogP contribution in [0.15, 0.2) is 78.2 Å². The predicted molar refractivity (Wildman–Crippen MR) is 147 cm³/mol. The van der Waals surface area contributed by atoms with Crippen molar-refractivity contribution < 1.29 is 19.1 Å². The van der Waals surface area contributed by atoms with Crippen molar-refractivity contribution in [3.05, 3.63) is 95.0 Å². The molecular weight excluding hydrogens is 500 g/mol. The summed E-state index contributed by atoms with van der Waals surface area (Å²) in [5.41, 5.74) is 3.73. The molecule has 0 saturated heterocycles. The Kier molecular flexibility index (Phi) is 6.85. The topological polar surface area (TPSA) is 103 Å². The predicted octanol–water partition coefficient (Wildman–Crippen LogP) is 5.84. The van der Waals surface area contributed by atoms with Crippen LogP contribution in [0.4, 0.5) is 5.69 Å². The first-order valence-corrected chi connectivity index (χ1v) is 12.8. The maximum Gasteiger partial charge on any atom is 0.339 e. The van der Waals surface area contributed by atoms with Gasteiger partial charge in [-0.2, -0.15) is 5.10 Å². The van der Waals surface area contributed by atoms with Crippen LogP contribution in [0.3, 0.4) is 0 Å². The maximum atomic E-state index is 13.5. The van der Waals surface area contributed by atoms with Crippen molar-refractivity contribution in [2.45, 2.75) is 26.9 Å². The minimum atomic E-state index is -1.10. The second-order valence-electron chi connectivity index (χ2n) is 8.74. The molecule has 0 aliphatic rings. The van der Waals surface area contributed by atoms with Crippen LogP contribution >= 0.6 is 11.3 Å². The largest absolute Gasteiger partial charge is 0.449 e. The standard InChI is InChI=1S/C29H24N4O4S/c1-17-26-23(29(36)37-19(3)28(35)30-21-10-7-9-20(15-21)18(2)34)16-24(25-13-8-14-38-25)31-27(26)33(32-17)22-11-5-4-6-12-22/h4-16,19H,1-3H3,(H,30,35)/t19-/m1/s1. The molecule has 1 N–H and O–H groups in total. The Morgan fingerprint density at radius 2 is 1.79 bits per heavy atom. The molecule has 1 atom stereocenters. The van der Waals surface area contributed by atoms with Crippen molar-refractivity contribution in [3.8, 4) is 16.3 Å². The molecule has 3 aromatic heterocycles. The molecule has 0 spiro atoms. The van der Waals surface area contributed by atoms with Gasteiger partial charge < -0.3 is 10.1 Å². The van der Waals surface area contributed by atoms with Crippen molar-refractivity contribution in [2.75, 3.05) is 5.32 Å². The number of rotatable bonds is 7. The van der Waals surface area contributed by atoms with Gasteiger partial charge in [-0.05, 0) is 62.5 Å². The van der Waals surface area contributed by atoms with Gasteiger partial charge in [-0.15, -0.1) is 11.3 Å². The lowest BCUT2D eigenvalue weighted by molar-refractivity contribution is -0.123. The number of thiophene rings is 1. The number of anilines is 1. The minimum Gasteiger partial charge on any atom is -0.449 e. The van der Waals surface area contributed by atoms with Crippen molar-refractivity contribution in [1.82, 2.24) is 14.8 Å². The summed E-state index contributed by atoms with van der Waals surface area (Å²) in [4.78, 5) is 43.7. The number of amides is 1. The SMILES string of the molecule is CC(=O)c1cccc(NC(=O)[C@@H](C)OC(=O)c2cc(-c3cccs3)nc3c2c(C)nn3-c2ccccc2)c1. The van der Waals surface area contributed by atoms with Gasteiger partial charge in [0, 0.05) is 11.3 Å². The van der Waals surface area contributed by atoms with E-state index in [9.17, 15) is 14.4 Å². The van der Waals surface area contributed by atoms with Crippen LogP contribution in [0, 0.1) is 6.92 Å². The molecule has 0 aliphatic heterocycles. The molecule has 8 nitrogen and oxygen atoms in total. The fourth-order valence-corrected chi connectivity index (χ4v) is 4.77. The van der Waals surface area contributed by atoms with Crippen LogP contribution in [0.2, 0.25) is 0 Å². The number of esters is 1. The first kappa shape index (κ1) is 25.0. The molecule has 1 amide bonds. The van der Waals surface area contributed by atoms with Crippen molar-refractivity contribution >= 4 is 45.7 Å². The van der Waals surface area contributed by atoms with Crippen LogP contribution in [-0.2, 0) is 9.53 Å². The molecule has 0 unspecified atom stereocenters. The highest BCUT2D eigenvalue weighted by molar-refractivity contribution is 7.13. The van der Waals surface area contributed by atoms with Gasteiger partial charge in [-0.3, -0.25) is 9.59 Å². The van der Waals surface area contributed by atoms with Crippen molar-refractivity contribution in [3.63, 3.8) is 0 Å². The fraction of sp³-hybridized carbons (Fsp3) is 0.138. The van der Waals surface area contributed by atoms with E-state index in [2.05, 4.69) is 10.4 Å². The minimum absolute atomic E-state index is 0.116. The van der Waals surface area contributed by atoms with Crippen molar-refractivity contribution in [2.24, 2.45) is 0 Å². The van der Waals surface area contributed by atoms with Gasteiger partial charge in [0.2, 0.25) is 0 Å². The zero-order valence-corrected chi connectivity index (χ0v) is 21.8. The molecule has 0 radical (unpaired) electrons. The molecule has 2 aromatic carbocycles. The Labute approximate surface area is 222 Å². The van der Waals surface area contributed by atoms with Crippen molar-refractivity contribution in [1.29, 1.82) is 0 Å². The number of hydrogen-bond donors (Lipinski definition) is 1. The van der Waals surface area contributed by atoms with E-state index in [0.717, 1.165) is 10.6 Å². The van der Waals surface area contributed by atoms with Gasteiger partial charge in [-0.25, -0.2) is 14.5 Å². The van der Waals surface area contributed by atoms with Crippen LogP contribution in [0.1, 0.15) is 40.3 Å². The number of Topliss-reactive ketones (excluding diaryl/α,β-unsaturated/α-hetero) is 1. The molecular formula is C29H24N4O4S. The molecule has 5 rings (SSSR count). The second kappa shape index (κ2) is 10.4. The Morgan fingerprint density at radius 1 is 1.00 bits per heavy atom. The summed E-state index contributed by atoms with van der Waals surface area (Å²) < 4.78 is 7.32. The van der Waals surface area contributed by atoms with E-state index >= 15 is 0 Å². The number of hydrogen-bond acceptors (Lipinski definition) is 7. The van der Waals surface area contributed by atoms with Crippen LogP contribution in [-0.4, -0.2) is 38.5 Å². The third-order valence-corrected chi connectivity index (χ3v) is 6.89. The summed E-state index contributed by atoms with van der Waals surface area (Å²) in [6.45, 7) is 4.76. The summed E-state index contributed by atoms with van der Waals surface area (Å²) in [6, 6.07) is 21.7. The molecule has 9 heteroatoms. The number of carbonyl (C=O) groups is 3. The highest BCUT2D eigenvalue weighted by atomic mass is 32.1. The molecule has 0 saturated carbocycles. The quantitative estimate of drug-likeness (QED) is 0.212. The van der Waals surface area contributed by atoms with Crippen LogP contribution in [0.25, 0.3) is 27.3 Å². The molecule has 190 valence electrons. The Morgan fingerprint density at radius 3 is 2.50 bits per heavy atom. The number of nitrogens with one attached hydrogen (secondary N) is 1. The van der Waals surface area contributed by atoms with Gasteiger partial charge >= 0.3 is 5.97 Å². The van der Waals surface area contributed by atoms with Gasteiger partial charge in [0.05, 0.1) is 32.9 Å². The normalized spacial score (nSPS) is 11.8. The number of ether oxygens (including phenoxy) is 1. The van der Waals surface area contributed by atoms with E-state index in [4.69, 9.17) is 9.72 Å². The number of aryl methyl sites for hydroxylation is 1. The number of nitrogens with zero attached hydrogens (tertiary/aromatic N) is 3. The van der Waals surface area contributed by atoms with Gasteiger partial charge in [-0.1, -0.05) is 36.4 Å². The Hall–Kier alpha value is -4.63. The van der Waals surface area contributed by atoms with E-state index in [1.54, 1.807) is 35.0 Å². The summed E-state index contributed by atoms with van der Waals surface area (Å²) in [5.74, 6) is -1.29. The number of para-hydroxylation sites is 1. The number of pyridine rings is 1. The molecule has 38 heavy (non-hydrogen) atoms. The van der Waals surface area contributed by atoms with E-state index < -0.39 is 18.0 Å². The van der Waals surface area contributed by atoms with Crippen LogP contribution in [0.5, 0.6) is 0 Å². The zero-order chi connectivity index (χ0) is 26.8. The number of benzene rings is 2. The highest BCUT2D eigenvalue weighted by Crippen LogP contribution is 2.31. The van der Waals surface area contributed by atoms with E-state index in [1.807, 2.05) is 54.8 Å². The van der Waals surface area contributed by atoms with Gasteiger partial charge in [0.15, 0.2) is 17.5 Å². The monoisotopic (exact) mass is 524 g/mol. The number of aromatic nitrogens is 3. The molecule has 3 heterocycles. The lowest BCUT2D eigenvalue weighted by atomic mass is 10.1.